The Hall–Kier alpha value is -1.94. The quantitative estimate of drug-likeness (QED) is 0.542. The van der Waals surface area contributed by atoms with Crippen LogP contribution in [0.15, 0.2) is 57.9 Å². The largest absolute Gasteiger partial charge is 0.497 e. The van der Waals surface area contributed by atoms with Crippen LogP contribution in [0.2, 0.25) is 0 Å². The summed E-state index contributed by atoms with van der Waals surface area (Å²) in [5.41, 5.74) is 1.02. The summed E-state index contributed by atoms with van der Waals surface area (Å²) < 4.78 is 33.0. The third-order valence-corrected chi connectivity index (χ3v) is 6.30. The maximum Gasteiger partial charge on any atom is 0.240 e. The van der Waals surface area contributed by atoms with Gasteiger partial charge in [-0.2, -0.15) is 0 Å². The van der Waals surface area contributed by atoms with Gasteiger partial charge in [-0.25, -0.2) is 13.1 Å². The summed E-state index contributed by atoms with van der Waals surface area (Å²) in [6.07, 6.45) is 0.0471. The fourth-order valence-corrected chi connectivity index (χ4v) is 4.39. The first-order valence-electron chi connectivity index (χ1n) is 9.05. The zero-order valence-corrected chi connectivity index (χ0v) is 19.1. The van der Waals surface area contributed by atoms with Gasteiger partial charge >= 0.3 is 0 Å². The zero-order valence-electron chi connectivity index (χ0n) is 16.7. The number of hydrogen-bond donors (Lipinski definition) is 2. The lowest BCUT2D eigenvalue weighted by Gasteiger charge is -2.25. The van der Waals surface area contributed by atoms with E-state index in [0.717, 1.165) is 11.3 Å². The van der Waals surface area contributed by atoms with E-state index in [9.17, 15) is 13.2 Å². The Balaban J connectivity index is 1.88. The fourth-order valence-electron chi connectivity index (χ4n) is 2.76. The van der Waals surface area contributed by atoms with E-state index < -0.39 is 10.0 Å². The van der Waals surface area contributed by atoms with Crippen molar-refractivity contribution < 1.29 is 17.9 Å². The lowest BCUT2D eigenvalue weighted by atomic mass is 10.1. The molecule has 29 heavy (non-hydrogen) atoms. The first-order chi connectivity index (χ1) is 13.7. The molecular formula is C20H26BrN3O4S. The van der Waals surface area contributed by atoms with Gasteiger partial charge in [0.05, 0.1) is 18.0 Å². The van der Waals surface area contributed by atoms with Crippen molar-refractivity contribution in [2.45, 2.75) is 17.4 Å². The second-order valence-electron chi connectivity index (χ2n) is 6.67. The molecule has 0 heterocycles. The molecule has 0 bridgehead atoms. The van der Waals surface area contributed by atoms with E-state index in [0.29, 0.717) is 11.0 Å². The van der Waals surface area contributed by atoms with Gasteiger partial charge in [0, 0.05) is 24.0 Å². The molecule has 0 aliphatic rings. The number of likely N-dealkylation sites (N-methyl/N-ethyl adjacent to an activating group) is 1. The van der Waals surface area contributed by atoms with Gasteiger partial charge in [0.1, 0.15) is 5.75 Å². The molecule has 1 unspecified atom stereocenters. The average molecular weight is 484 g/mol. The van der Waals surface area contributed by atoms with Gasteiger partial charge in [-0.3, -0.25) is 4.79 Å². The number of nitrogens with zero attached hydrogens (tertiary/aromatic N) is 1. The monoisotopic (exact) mass is 483 g/mol. The molecule has 2 aromatic carbocycles. The number of halogens is 1. The van der Waals surface area contributed by atoms with Crippen LogP contribution in [-0.4, -0.2) is 53.5 Å². The maximum atomic E-state index is 12.3. The normalized spacial score (nSPS) is 12.6. The summed E-state index contributed by atoms with van der Waals surface area (Å²) in [4.78, 5) is 14.4. The first-order valence-corrected chi connectivity index (χ1v) is 11.3. The molecule has 7 nitrogen and oxygen atoms in total. The molecule has 0 aliphatic heterocycles. The van der Waals surface area contributed by atoms with Crippen LogP contribution in [0.4, 0.5) is 0 Å². The van der Waals surface area contributed by atoms with E-state index in [1.807, 2.05) is 43.3 Å². The number of benzene rings is 2. The van der Waals surface area contributed by atoms with Gasteiger partial charge in [-0.05, 0) is 50.0 Å². The standard InChI is InChI=1S/C20H26BrN3O4S/c1-24(2)19(15-6-4-8-17(12-15)28-3)14-22-20(25)10-11-23-29(26,27)18-9-5-7-16(21)13-18/h4-9,12-13,19,23H,10-11,14H2,1-3H3,(H,22,25). The molecule has 1 amide bonds. The number of carbonyl (C=O) groups excluding carboxylic acids is 1. The zero-order chi connectivity index (χ0) is 21.4. The molecule has 158 valence electrons. The summed E-state index contributed by atoms with van der Waals surface area (Å²) in [5.74, 6) is 0.527. The number of nitrogens with one attached hydrogen (secondary N) is 2. The Morgan fingerprint density at radius 2 is 1.90 bits per heavy atom. The lowest BCUT2D eigenvalue weighted by Crippen LogP contribution is -2.36. The maximum absolute atomic E-state index is 12.3. The SMILES string of the molecule is COc1cccc(C(CNC(=O)CCNS(=O)(=O)c2cccc(Br)c2)N(C)C)c1. The second-order valence-corrected chi connectivity index (χ2v) is 9.35. The van der Waals surface area contributed by atoms with Gasteiger partial charge in [-0.1, -0.05) is 34.1 Å². The molecular weight excluding hydrogens is 458 g/mol. The molecule has 2 aromatic rings. The van der Waals surface area contributed by atoms with Crippen molar-refractivity contribution >= 4 is 31.9 Å². The Kier molecular flexibility index (Phi) is 8.63. The number of amides is 1. The molecule has 2 rings (SSSR count). The third-order valence-electron chi connectivity index (χ3n) is 4.35. The minimum atomic E-state index is -3.66. The van der Waals surface area contributed by atoms with E-state index in [1.165, 1.54) is 12.1 Å². The van der Waals surface area contributed by atoms with Crippen molar-refractivity contribution in [1.29, 1.82) is 0 Å². The van der Waals surface area contributed by atoms with Crippen molar-refractivity contribution in [2.24, 2.45) is 0 Å². The van der Waals surface area contributed by atoms with E-state index in [-0.39, 0.29) is 29.8 Å². The van der Waals surface area contributed by atoms with Crippen molar-refractivity contribution in [2.75, 3.05) is 34.3 Å². The van der Waals surface area contributed by atoms with Crippen molar-refractivity contribution in [1.82, 2.24) is 14.9 Å². The van der Waals surface area contributed by atoms with Crippen LogP contribution in [0.5, 0.6) is 5.75 Å². The van der Waals surface area contributed by atoms with Crippen LogP contribution in [0.1, 0.15) is 18.0 Å². The van der Waals surface area contributed by atoms with E-state index in [2.05, 4.69) is 26.0 Å². The Morgan fingerprint density at radius 1 is 1.17 bits per heavy atom. The van der Waals surface area contributed by atoms with Crippen LogP contribution < -0.4 is 14.8 Å². The summed E-state index contributed by atoms with van der Waals surface area (Å²) >= 11 is 3.25. The van der Waals surface area contributed by atoms with Crippen molar-refractivity contribution in [3.63, 3.8) is 0 Å². The number of carbonyl (C=O) groups is 1. The molecule has 0 spiro atoms. The third kappa shape index (κ3) is 7.11. The van der Waals surface area contributed by atoms with Gasteiger partial charge in [-0.15, -0.1) is 0 Å². The number of ether oxygens (including phenoxy) is 1. The van der Waals surface area contributed by atoms with E-state index >= 15 is 0 Å². The molecule has 2 N–H and O–H groups in total. The number of sulfonamides is 1. The summed E-state index contributed by atoms with van der Waals surface area (Å²) in [6.45, 7) is 0.420. The van der Waals surface area contributed by atoms with Gasteiger partial charge in [0.25, 0.3) is 0 Å². The Bertz CT molecular complexity index is 935. The highest BCUT2D eigenvalue weighted by Gasteiger charge is 2.17. The van der Waals surface area contributed by atoms with Crippen LogP contribution in [0.3, 0.4) is 0 Å². The average Bonchev–Trinajstić information content (AvgIpc) is 2.68. The lowest BCUT2D eigenvalue weighted by molar-refractivity contribution is -0.121. The predicted molar refractivity (Wildman–Crippen MR) is 116 cm³/mol. The highest BCUT2D eigenvalue weighted by atomic mass is 79.9. The summed E-state index contributed by atoms with van der Waals surface area (Å²) in [7, 11) is 1.82. The summed E-state index contributed by atoms with van der Waals surface area (Å²) in [6, 6.07) is 14.1. The van der Waals surface area contributed by atoms with Gasteiger partial charge < -0.3 is 15.0 Å². The second kappa shape index (κ2) is 10.7. The molecule has 0 aromatic heterocycles. The predicted octanol–water partition coefficient (Wildman–Crippen LogP) is 2.55. The van der Waals surface area contributed by atoms with Gasteiger partial charge in [0.15, 0.2) is 0 Å². The van der Waals surface area contributed by atoms with E-state index in [4.69, 9.17) is 4.74 Å². The van der Waals surface area contributed by atoms with E-state index in [1.54, 1.807) is 19.2 Å². The Labute approximate surface area is 180 Å². The minimum Gasteiger partial charge on any atom is -0.497 e. The summed E-state index contributed by atoms with van der Waals surface area (Å²) in [5, 5.41) is 2.87. The van der Waals surface area contributed by atoms with Gasteiger partial charge in [0.2, 0.25) is 15.9 Å². The number of rotatable bonds is 10. The Morgan fingerprint density at radius 3 is 2.55 bits per heavy atom. The topological polar surface area (TPSA) is 87.7 Å². The molecule has 0 saturated carbocycles. The van der Waals surface area contributed by atoms with Crippen molar-refractivity contribution in [3.8, 4) is 5.75 Å². The molecule has 0 aliphatic carbocycles. The van der Waals surface area contributed by atoms with Crippen LogP contribution in [0.25, 0.3) is 0 Å². The van der Waals surface area contributed by atoms with Crippen molar-refractivity contribution in [3.05, 3.63) is 58.6 Å². The molecule has 0 radical (unpaired) electrons. The minimum absolute atomic E-state index is 0.0203. The molecule has 0 saturated heterocycles. The molecule has 9 heteroatoms. The fraction of sp³-hybridized carbons (Fsp3) is 0.350. The molecule has 1 atom stereocenters. The number of hydrogen-bond acceptors (Lipinski definition) is 5. The van der Waals surface area contributed by atoms with Crippen LogP contribution >= 0.6 is 15.9 Å². The van der Waals surface area contributed by atoms with Crippen LogP contribution in [-0.2, 0) is 14.8 Å². The number of methoxy groups -OCH3 is 1. The smallest absolute Gasteiger partial charge is 0.240 e. The highest BCUT2D eigenvalue weighted by molar-refractivity contribution is 9.10. The van der Waals surface area contributed by atoms with Crippen LogP contribution in [0, 0.1) is 0 Å². The first kappa shape index (κ1) is 23.3. The highest BCUT2D eigenvalue weighted by Crippen LogP contribution is 2.22. The molecule has 0 fully saturated rings.